The molecular weight excluding hydrogens is 382 g/mol. The van der Waals surface area contributed by atoms with Crippen LogP contribution in [0.25, 0.3) is 0 Å². The maximum Gasteiger partial charge on any atom is 0.341 e. The summed E-state index contributed by atoms with van der Waals surface area (Å²) < 4.78 is 5.21. The second-order valence-corrected chi connectivity index (χ2v) is 9.95. The molecule has 1 N–H and O–H groups in total. The van der Waals surface area contributed by atoms with Gasteiger partial charge in [-0.2, -0.15) is 0 Å². The quantitative estimate of drug-likeness (QED) is 0.502. The zero-order chi connectivity index (χ0) is 21.6. The van der Waals surface area contributed by atoms with Crippen molar-refractivity contribution in [2.24, 2.45) is 11.3 Å². The molecule has 1 aromatic carbocycles. The smallest absolute Gasteiger partial charge is 0.341 e. The van der Waals surface area contributed by atoms with Crippen molar-refractivity contribution in [3.05, 3.63) is 52.4 Å². The summed E-state index contributed by atoms with van der Waals surface area (Å²) in [6.07, 6.45) is 1.40. The average molecular weight is 416 g/mol. The van der Waals surface area contributed by atoms with E-state index in [2.05, 4.69) is 52.1 Å². The molecule has 1 heterocycles. The lowest BCUT2D eigenvalue weighted by Crippen LogP contribution is -2.19. The first kappa shape index (κ1) is 23.1. The van der Waals surface area contributed by atoms with Crippen LogP contribution in [0.2, 0.25) is 0 Å². The number of esters is 1. The second kappa shape index (κ2) is 10.1. The largest absolute Gasteiger partial charge is 0.462 e. The number of carbonyl (C=O) groups is 2. The van der Waals surface area contributed by atoms with Gasteiger partial charge in [0.05, 0.1) is 12.2 Å². The highest BCUT2D eigenvalue weighted by molar-refractivity contribution is 7.16. The number of carbonyl (C=O) groups excluding carboxylic acids is 2. The molecule has 2 aromatic rings. The fourth-order valence-electron chi connectivity index (χ4n) is 3.59. The molecule has 1 aromatic heterocycles. The van der Waals surface area contributed by atoms with Gasteiger partial charge in [0.25, 0.3) is 0 Å². The van der Waals surface area contributed by atoms with Crippen LogP contribution in [0, 0.1) is 11.3 Å². The van der Waals surface area contributed by atoms with Gasteiger partial charge >= 0.3 is 5.97 Å². The molecule has 0 spiro atoms. The van der Waals surface area contributed by atoms with Crippen molar-refractivity contribution in [3.8, 4) is 0 Å². The molecule has 0 saturated heterocycles. The van der Waals surface area contributed by atoms with Crippen molar-refractivity contribution in [2.75, 3.05) is 11.9 Å². The minimum atomic E-state index is -0.395. The maximum absolute atomic E-state index is 12.6. The van der Waals surface area contributed by atoms with Gasteiger partial charge in [0.1, 0.15) is 5.00 Å². The van der Waals surface area contributed by atoms with E-state index in [-0.39, 0.29) is 23.2 Å². The molecule has 0 fully saturated rings. The molecule has 0 radical (unpaired) electrons. The van der Waals surface area contributed by atoms with Gasteiger partial charge in [0.15, 0.2) is 0 Å². The van der Waals surface area contributed by atoms with E-state index >= 15 is 0 Å². The maximum atomic E-state index is 12.6. The van der Waals surface area contributed by atoms with Gasteiger partial charge in [0, 0.05) is 17.2 Å². The lowest BCUT2D eigenvalue weighted by molar-refractivity contribution is -0.117. The Hall–Kier alpha value is -2.14. The lowest BCUT2D eigenvalue weighted by Gasteiger charge is -2.22. The highest BCUT2D eigenvalue weighted by atomic mass is 32.1. The molecule has 0 unspecified atom stereocenters. The first-order valence-electron chi connectivity index (χ1n) is 10.3. The van der Waals surface area contributed by atoms with E-state index in [1.807, 2.05) is 24.3 Å². The first-order chi connectivity index (χ1) is 13.6. The summed E-state index contributed by atoms with van der Waals surface area (Å²) in [7, 11) is 0. The van der Waals surface area contributed by atoms with E-state index in [4.69, 9.17) is 4.74 Å². The Morgan fingerprint density at radius 2 is 1.79 bits per heavy atom. The number of hydrogen-bond donors (Lipinski definition) is 1. The van der Waals surface area contributed by atoms with Gasteiger partial charge in [0.2, 0.25) is 5.91 Å². The third kappa shape index (κ3) is 7.00. The number of hydrogen-bond acceptors (Lipinski definition) is 4. The van der Waals surface area contributed by atoms with Crippen LogP contribution in [-0.4, -0.2) is 18.5 Å². The van der Waals surface area contributed by atoms with Crippen LogP contribution in [0.4, 0.5) is 5.00 Å². The summed E-state index contributed by atoms with van der Waals surface area (Å²) in [5, 5.41) is 3.55. The monoisotopic (exact) mass is 415 g/mol. The summed E-state index contributed by atoms with van der Waals surface area (Å²) in [5.41, 5.74) is 1.78. The van der Waals surface area contributed by atoms with Gasteiger partial charge < -0.3 is 10.1 Å². The third-order valence-corrected chi connectivity index (χ3v) is 5.95. The number of nitrogens with one attached hydrogen (secondary N) is 1. The molecule has 158 valence electrons. The molecule has 29 heavy (non-hydrogen) atoms. The van der Waals surface area contributed by atoms with E-state index in [9.17, 15) is 9.59 Å². The van der Waals surface area contributed by atoms with Gasteiger partial charge in [-0.05, 0) is 36.3 Å². The second-order valence-electron chi connectivity index (χ2n) is 8.87. The Morgan fingerprint density at radius 3 is 2.38 bits per heavy atom. The summed E-state index contributed by atoms with van der Waals surface area (Å²) in [6, 6.07) is 12.0. The first-order valence-corrected chi connectivity index (χ1v) is 11.1. The van der Waals surface area contributed by atoms with E-state index in [1.165, 1.54) is 16.9 Å². The van der Waals surface area contributed by atoms with Crippen molar-refractivity contribution in [1.82, 2.24) is 0 Å². The van der Waals surface area contributed by atoms with Crippen molar-refractivity contribution in [3.63, 3.8) is 0 Å². The molecule has 0 bridgehead atoms. The molecule has 4 nitrogen and oxygen atoms in total. The summed E-state index contributed by atoms with van der Waals surface area (Å²) in [6.45, 7) is 12.8. The molecule has 0 aliphatic heterocycles. The average Bonchev–Trinajstić information content (AvgIpc) is 3.04. The predicted octanol–water partition coefficient (Wildman–Crippen LogP) is 6.48. The number of anilines is 1. The summed E-state index contributed by atoms with van der Waals surface area (Å²) in [5.74, 6) is -0.0649. The van der Waals surface area contributed by atoms with Crippen LogP contribution in [0.3, 0.4) is 0 Å². The molecular formula is C24H33NO3S. The zero-order valence-electron chi connectivity index (χ0n) is 18.4. The highest BCUT2D eigenvalue weighted by Crippen LogP contribution is 2.37. The van der Waals surface area contributed by atoms with Gasteiger partial charge in [-0.1, -0.05) is 65.0 Å². The fourth-order valence-corrected chi connectivity index (χ4v) is 4.74. The van der Waals surface area contributed by atoms with Crippen LogP contribution in [0.5, 0.6) is 0 Å². The number of ether oxygens (including phenoxy) is 1. The molecule has 0 aliphatic carbocycles. The van der Waals surface area contributed by atoms with Crippen LogP contribution in [-0.2, 0) is 9.53 Å². The molecule has 2 atom stereocenters. The minimum absolute atomic E-state index is 0.0620. The third-order valence-electron chi connectivity index (χ3n) is 4.72. The van der Waals surface area contributed by atoms with Crippen LogP contribution >= 0.6 is 11.3 Å². The van der Waals surface area contributed by atoms with Crippen LogP contribution in [0.1, 0.15) is 81.1 Å². The minimum Gasteiger partial charge on any atom is -0.462 e. The predicted molar refractivity (Wildman–Crippen MR) is 121 cm³/mol. The Bertz CT molecular complexity index is 820. The Balaban J connectivity index is 2.21. The standard InChI is InChI=1S/C24H33NO3S/c1-7-28-23(27)19-14-20(17(3)18-11-9-8-10-12-18)29-22(19)25-21(26)13-16(2)15-24(4,5)6/h8-12,14,16-17H,7,13,15H2,1-6H3,(H,25,26)/t16-,17-/m1/s1. The molecule has 5 heteroatoms. The van der Waals surface area contributed by atoms with Gasteiger partial charge in [-0.15, -0.1) is 11.3 Å². The van der Waals surface area contributed by atoms with Crippen LogP contribution in [0.15, 0.2) is 36.4 Å². The SMILES string of the molecule is CCOC(=O)c1cc([C@H](C)c2ccccc2)sc1NC(=O)C[C@@H](C)CC(C)(C)C. The van der Waals surface area contributed by atoms with Crippen molar-refractivity contribution >= 4 is 28.2 Å². The molecule has 0 aliphatic rings. The fraction of sp³-hybridized carbons (Fsp3) is 0.500. The number of benzene rings is 1. The molecule has 2 rings (SSSR count). The lowest BCUT2D eigenvalue weighted by atomic mass is 9.84. The van der Waals surface area contributed by atoms with E-state index in [1.54, 1.807) is 6.92 Å². The summed E-state index contributed by atoms with van der Waals surface area (Å²) >= 11 is 1.45. The Morgan fingerprint density at radius 1 is 1.14 bits per heavy atom. The molecule has 1 amide bonds. The van der Waals surface area contributed by atoms with Crippen molar-refractivity contribution < 1.29 is 14.3 Å². The number of rotatable bonds is 8. The Labute approximate surface area is 178 Å². The van der Waals surface area contributed by atoms with Gasteiger partial charge in [-0.3, -0.25) is 4.79 Å². The number of thiophene rings is 1. The normalized spacial score (nSPS) is 13.6. The van der Waals surface area contributed by atoms with Gasteiger partial charge in [-0.25, -0.2) is 4.79 Å². The topological polar surface area (TPSA) is 55.4 Å². The van der Waals surface area contributed by atoms with Crippen LogP contribution < -0.4 is 5.32 Å². The number of amides is 1. The van der Waals surface area contributed by atoms with E-state index in [0.29, 0.717) is 23.6 Å². The Kier molecular flexibility index (Phi) is 8.03. The highest BCUT2D eigenvalue weighted by Gasteiger charge is 2.23. The summed E-state index contributed by atoms with van der Waals surface area (Å²) in [4.78, 5) is 26.1. The van der Waals surface area contributed by atoms with E-state index < -0.39 is 5.97 Å². The van der Waals surface area contributed by atoms with Crippen molar-refractivity contribution in [1.29, 1.82) is 0 Å². The van der Waals surface area contributed by atoms with Crippen molar-refractivity contribution in [2.45, 2.75) is 60.3 Å². The zero-order valence-corrected chi connectivity index (χ0v) is 19.2. The molecule has 0 saturated carbocycles. The van der Waals surface area contributed by atoms with E-state index in [0.717, 1.165) is 11.3 Å².